The molecule has 0 spiro atoms. The van der Waals surface area contributed by atoms with Crippen LogP contribution >= 0.6 is 11.6 Å². The summed E-state index contributed by atoms with van der Waals surface area (Å²) in [6.45, 7) is 4.82. The van der Waals surface area contributed by atoms with Gasteiger partial charge in [-0.05, 0) is 74.2 Å². The molecule has 0 bridgehead atoms. The number of aromatic nitrogens is 3. The highest BCUT2D eigenvalue weighted by Gasteiger charge is 2.27. The second kappa shape index (κ2) is 11.7. The highest BCUT2D eigenvalue weighted by molar-refractivity contribution is 6.30. The second-order valence-corrected chi connectivity index (χ2v) is 10.1. The average molecular weight is 542 g/mol. The molecule has 1 atom stereocenters. The Bertz CT molecular complexity index is 1510. The summed E-state index contributed by atoms with van der Waals surface area (Å²) in [4.78, 5) is 12.6. The molecule has 0 aliphatic carbocycles. The largest absolute Gasteiger partial charge is 0.489 e. The topological polar surface area (TPSA) is 95.1 Å². The lowest BCUT2D eigenvalue weighted by molar-refractivity contribution is -0.121. The normalized spacial score (nSPS) is 14.7. The summed E-state index contributed by atoms with van der Waals surface area (Å²) in [5, 5.41) is 12.6. The first-order valence-electron chi connectivity index (χ1n) is 13.2. The van der Waals surface area contributed by atoms with Gasteiger partial charge in [0.2, 0.25) is 5.91 Å². The molecule has 0 saturated carbocycles. The number of rotatable bonds is 7. The third-order valence-corrected chi connectivity index (χ3v) is 7.24. The Morgan fingerprint density at radius 1 is 1.13 bits per heavy atom. The molecule has 4 aromatic rings. The fourth-order valence-electron chi connectivity index (χ4n) is 5.04. The molecule has 7 nitrogen and oxygen atoms in total. The number of aryl methyl sites for hydroxylation is 1. The minimum atomic E-state index is -0.0802. The number of nitrogens with one attached hydrogen (secondary N) is 1. The number of amides is 1. The molecule has 1 aliphatic rings. The first-order valence-corrected chi connectivity index (χ1v) is 13.6. The van der Waals surface area contributed by atoms with Gasteiger partial charge in [-0.1, -0.05) is 48.0 Å². The highest BCUT2D eigenvalue weighted by Crippen LogP contribution is 2.38. The summed E-state index contributed by atoms with van der Waals surface area (Å²) in [6.07, 6.45) is 4.11. The number of anilines is 1. The van der Waals surface area contributed by atoms with Crippen molar-refractivity contribution in [1.82, 2.24) is 20.1 Å². The summed E-state index contributed by atoms with van der Waals surface area (Å²) < 4.78 is 8.30. The van der Waals surface area contributed by atoms with Crippen LogP contribution in [0.25, 0.3) is 11.3 Å². The van der Waals surface area contributed by atoms with E-state index in [9.17, 15) is 4.79 Å². The van der Waals surface area contributed by atoms with E-state index in [0.29, 0.717) is 30.3 Å². The van der Waals surface area contributed by atoms with Gasteiger partial charge in [-0.25, -0.2) is 0 Å². The number of carbonyl (C=O) groups is 1. The molecule has 1 unspecified atom stereocenters. The lowest BCUT2D eigenvalue weighted by Gasteiger charge is -2.20. The van der Waals surface area contributed by atoms with Crippen molar-refractivity contribution in [1.29, 1.82) is 0 Å². The lowest BCUT2D eigenvalue weighted by atomic mass is 9.94. The first-order chi connectivity index (χ1) is 18.9. The number of benzene rings is 3. The first kappa shape index (κ1) is 26.5. The minimum absolute atomic E-state index is 0.0139. The highest BCUT2D eigenvalue weighted by atomic mass is 35.5. The molecule has 8 heteroatoms. The van der Waals surface area contributed by atoms with Crippen molar-refractivity contribution in [2.24, 2.45) is 0 Å². The molecule has 1 aromatic heterocycles. The fraction of sp³-hybridized carbons (Fsp3) is 0.258. The average Bonchev–Trinajstić information content (AvgIpc) is 3.33. The van der Waals surface area contributed by atoms with E-state index in [4.69, 9.17) is 22.1 Å². The van der Waals surface area contributed by atoms with E-state index in [2.05, 4.69) is 32.2 Å². The predicted molar refractivity (Wildman–Crippen MR) is 155 cm³/mol. The van der Waals surface area contributed by atoms with E-state index in [1.54, 1.807) is 0 Å². The van der Waals surface area contributed by atoms with Crippen molar-refractivity contribution < 1.29 is 9.53 Å². The third kappa shape index (κ3) is 5.83. The second-order valence-electron chi connectivity index (χ2n) is 9.66. The maximum Gasteiger partial charge on any atom is 0.220 e. The van der Waals surface area contributed by atoms with E-state index >= 15 is 0 Å². The third-order valence-electron chi connectivity index (χ3n) is 6.99. The number of nitrogens with zero attached hydrogens (tertiary/aromatic N) is 3. The SMILES string of the molecule is CCNC(=O)CC1CCC=C(c2ccc(Cl)cc2)c2cc(OCc3ccccc3N)ccc2-n2c(C)nnc21. The Kier molecular flexibility index (Phi) is 7.98. The summed E-state index contributed by atoms with van der Waals surface area (Å²) in [5.41, 5.74) is 11.8. The Morgan fingerprint density at radius 3 is 2.69 bits per heavy atom. The minimum Gasteiger partial charge on any atom is -0.489 e. The van der Waals surface area contributed by atoms with Gasteiger partial charge in [0.25, 0.3) is 0 Å². The molecule has 1 amide bonds. The van der Waals surface area contributed by atoms with Crippen molar-refractivity contribution in [2.75, 3.05) is 12.3 Å². The zero-order valence-corrected chi connectivity index (χ0v) is 22.9. The molecule has 0 saturated heterocycles. The fourth-order valence-corrected chi connectivity index (χ4v) is 5.17. The molecule has 39 heavy (non-hydrogen) atoms. The number of hydrogen-bond donors (Lipinski definition) is 2. The van der Waals surface area contributed by atoms with Crippen molar-refractivity contribution >= 4 is 28.8 Å². The van der Waals surface area contributed by atoms with Crippen molar-refractivity contribution in [3.8, 4) is 11.4 Å². The van der Waals surface area contributed by atoms with Gasteiger partial charge in [0.05, 0.1) is 5.69 Å². The van der Waals surface area contributed by atoms with Gasteiger partial charge in [-0.15, -0.1) is 10.2 Å². The predicted octanol–water partition coefficient (Wildman–Crippen LogP) is 6.23. The molecule has 0 fully saturated rings. The van der Waals surface area contributed by atoms with Crippen LogP contribution in [0.15, 0.2) is 72.8 Å². The number of para-hydroxylation sites is 1. The van der Waals surface area contributed by atoms with E-state index in [1.807, 2.05) is 74.5 Å². The smallest absolute Gasteiger partial charge is 0.220 e. The molecule has 3 N–H and O–H groups in total. The van der Waals surface area contributed by atoms with Gasteiger partial charge >= 0.3 is 0 Å². The standard InChI is InChI=1S/C31H32ClN5O2/c1-3-34-30(38)17-22-8-6-9-26(21-11-13-24(32)14-12-21)27-18-25(39-19-23-7-4-5-10-28(23)33)15-16-29(27)37-20(2)35-36-31(22)37/h4-5,7,9-16,18,22H,3,6,8,17,19,33H2,1-2H3,(H,34,38). The zero-order valence-electron chi connectivity index (χ0n) is 22.2. The molecule has 3 aromatic carbocycles. The number of carbonyl (C=O) groups excluding carboxylic acids is 1. The van der Waals surface area contributed by atoms with Gasteiger partial charge in [-0.3, -0.25) is 9.36 Å². The maximum atomic E-state index is 12.6. The van der Waals surface area contributed by atoms with Crippen LogP contribution in [-0.4, -0.2) is 27.2 Å². The molecular weight excluding hydrogens is 510 g/mol. The van der Waals surface area contributed by atoms with E-state index in [0.717, 1.165) is 58.2 Å². The van der Waals surface area contributed by atoms with Crippen LogP contribution in [0.4, 0.5) is 5.69 Å². The Balaban J connectivity index is 1.62. The number of ether oxygens (including phenoxy) is 1. The quantitative estimate of drug-likeness (QED) is 0.271. The van der Waals surface area contributed by atoms with Crippen LogP contribution in [0.2, 0.25) is 5.02 Å². The monoisotopic (exact) mass is 541 g/mol. The van der Waals surface area contributed by atoms with Gasteiger partial charge in [0.15, 0.2) is 0 Å². The number of halogens is 1. The van der Waals surface area contributed by atoms with Crippen molar-refractivity contribution in [3.05, 3.63) is 106 Å². The van der Waals surface area contributed by atoms with Crippen molar-refractivity contribution in [2.45, 2.75) is 45.6 Å². The zero-order chi connectivity index (χ0) is 27.4. The molecular formula is C31H32ClN5O2. The molecule has 5 rings (SSSR count). The Labute approximate surface area is 233 Å². The Morgan fingerprint density at radius 2 is 1.92 bits per heavy atom. The Hall–Kier alpha value is -4.10. The van der Waals surface area contributed by atoms with Crippen molar-refractivity contribution in [3.63, 3.8) is 0 Å². The van der Waals surface area contributed by atoms with Crippen LogP contribution < -0.4 is 15.8 Å². The van der Waals surface area contributed by atoms with Gasteiger partial charge < -0.3 is 15.8 Å². The maximum absolute atomic E-state index is 12.6. The van der Waals surface area contributed by atoms with E-state index < -0.39 is 0 Å². The summed E-state index contributed by atoms with van der Waals surface area (Å²) in [7, 11) is 0. The molecule has 2 heterocycles. The van der Waals surface area contributed by atoms with E-state index in [1.165, 1.54) is 0 Å². The molecule has 1 aliphatic heterocycles. The molecule has 0 radical (unpaired) electrons. The van der Waals surface area contributed by atoms with Gasteiger partial charge in [0, 0.05) is 40.7 Å². The van der Waals surface area contributed by atoms with Crippen LogP contribution in [0.5, 0.6) is 5.75 Å². The van der Waals surface area contributed by atoms with Gasteiger partial charge in [-0.2, -0.15) is 0 Å². The number of nitrogen functional groups attached to an aromatic ring is 1. The number of allylic oxidation sites excluding steroid dienone is 1. The van der Waals surface area contributed by atoms with Crippen LogP contribution in [0, 0.1) is 6.92 Å². The van der Waals surface area contributed by atoms with Crippen LogP contribution in [0.1, 0.15) is 60.4 Å². The number of fused-ring (bicyclic) bond motifs is 3. The summed E-state index contributed by atoms with van der Waals surface area (Å²) in [5.74, 6) is 2.21. The number of hydrogen-bond acceptors (Lipinski definition) is 5. The lowest BCUT2D eigenvalue weighted by Crippen LogP contribution is -2.25. The van der Waals surface area contributed by atoms with E-state index in [-0.39, 0.29) is 11.8 Å². The van der Waals surface area contributed by atoms with Crippen LogP contribution in [-0.2, 0) is 11.4 Å². The van der Waals surface area contributed by atoms with Crippen LogP contribution in [0.3, 0.4) is 0 Å². The molecule has 200 valence electrons. The summed E-state index contributed by atoms with van der Waals surface area (Å²) in [6, 6.07) is 21.6. The van der Waals surface area contributed by atoms with Gasteiger partial charge in [0.1, 0.15) is 24.0 Å². The summed E-state index contributed by atoms with van der Waals surface area (Å²) >= 11 is 6.23. The number of nitrogens with two attached hydrogens (primary N) is 1.